The smallest absolute Gasteiger partial charge is 0.191 e. The molecule has 2 aromatic rings. The quantitative estimate of drug-likeness (QED) is 0.438. The molecule has 6 heteroatoms. The Morgan fingerprint density at radius 3 is 2.79 bits per heavy atom. The van der Waals surface area contributed by atoms with Crippen LogP contribution in [0, 0.1) is 6.92 Å². The highest BCUT2D eigenvalue weighted by atomic mass is 32.1. The second kappa shape index (κ2) is 9.93. The average molecular weight is 347 g/mol. The Hall–Kier alpha value is -2.08. The van der Waals surface area contributed by atoms with Crippen LogP contribution >= 0.6 is 11.3 Å². The molecule has 0 aliphatic carbocycles. The fourth-order valence-electron chi connectivity index (χ4n) is 2.37. The van der Waals surface area contributed by atoms with Gasteiger partial charge < -0.3 is 15.4 Å². The van der Waals surface area contributed by atoms with Gasteiger partial charge in [0.1, 0.15) is 5.75 Å². The first-order valence-electron chi connectivity index (χ1n) is 8.20. The molecule has 0 atom stereocenters. The Morgan fingerprint density at radius 2 is 2.08 bits per heavy atom. The Kier molecular flexibility index (Phi) is 7.55. The predicted molar refractivity (Wildman–Crippen MR) is 101 cm³/mol. The molecule has 130 valence electrons. The molecule has 0 bridgehead atoms. The number of aliphatic imine (C=N–C) groups is 1. The molecule has 24 heavy (non-hydrogen) atoms. The molecule has 0 amide bonds. The van der Waals surface area contributed by atoms with Gasteiger partial charge in [-0.3, -0.25) is 4.99 Å². The number of benzene rings is 1. The highest BCUT2D eigenvalue weighted by Crippen LogP contribution is 2.16. The lowest BCUT2D eigenvalue weighted by molar-refractivity contribution is 0.409. The number of hydrogen-bond donors (Lipinski definition) is 2. The highest BCUT2D eigenvalue weighted by Gasteiger charge is 2.03. The fourth-order valence-corrected chi connectivity index (χ4v) is 3.19. The molecule has 2 N–H and O–H groups in total. The van der Waals surface area contributed by atoms with Gasteiger partial charge in [-0.05, 0) is 32.3 Å². The Morgan fingerprint density at radius 1 is 1.25 bits per heavy atom. The van der Waals surface area contributed by atoms with Crippen LogP contribution in [0.15, 0.2) is 34.6 Å². The first-order valence-corrected chi connectivity index (χ1v) is 9.08. The number of unbranched alkanes of at least 4 members (excludes halogenated alkanes) is 1. The first-order chi connectivity index (χ1) is 11.7. The van der Waals surface area contributed by atoms with Gasteiger partial charge in [-0.15, -0.1) is 11.3 Å². The van der Waals surface area contributed by atoms with E-state index in [-0.39, 0.29) is 0 Å². The number of nitrogens with one attached hydrogen (secondary N) is 2. The number of rotatable bonds is 8. The van der Waals surface area contributed by atoms with E-state index in [2.05, 4.69) is 32.1 Å². The van der Waals surface area contributed by atoms with Gasteiger partial charge in [-0.25, -0.2) is 4.98 Å². The lowest BCUT2D eigenvalue weighted by atomic mass is 10.2. The van der Waals surface area contributed by atoms with Crippen LogP contribution in [0.5, 0.6) is 5.75 Å². The van der Waals surface area contributed by atoms with Crippen LogP contribution in [0.1, 0.15) is 29.1 Å². The van der Waals surface area contributed by atoms with Crippen LogP contribution in [-0.2, 0) is 13.0 Å². The van der Waals surface area contributed by atoms with Gasteiger partial charge >= 0.3 is 0 Å². The van der Waals surface area contributed by atoms with Crippen molar-refractivity contribution in [1.82, 2.24) is 15.6 Å². The first kappa shape index (κ1) is 18.3. The van der Waals surface area contributed by atoms with Crippen molar-refractivity contribution in [2.75, 3.05) is 20.7 Å². The standard InChI is InChI=1S/C18H26N4OS/c1-14-13-24-17(22-14)10-6-7-11-20-18(19-2)21-12-15-8-4-5-9-16(15)23-3/h4-5,8-9,13H,6-7,10-12H2,1-3H3,(H2,19,20,21). The summed E-state index contributed by atoms with van der Waals surface area (Å²) < 4.78 is 5.36. The molecule has 0 radical (unpaired) electrons. The average Bonchev–Trinajstić information content (AvgIpc) is 3.02. The van der Waals surface area contributed by atoms with Crippen LogP contribution in [0.25, 0.3) is 0 Å². The lowest BCUT2D eigenvalue weighted by Crippen LogP contribution is -2.37. The van der Waals surface area contributed by atoms with Crippen LogP contribution in [0.3, 0.4) is 0 Å². The van der Waals surface area contributed by atoms with E-state index in [0.717, 1.165) is 48.8 Å². The van der Waals surface area contributed by atoms with Gasteiger partial charge in [-0.1, -0.05) is 18.2 Å². The zero-order valence-corrected chi connectivity index (χ0v) is 15.4. The summed E-state index contributed by atoms with van der Waals surface area (Å²) in [6, 6.07) is 8.00. The summed E-state index contributed by atoms with van der Waals surface area (Å²) in [5.74, 6) is 1.70. The fraction of sp³-hybridized carbons (Fsp3) is 0.444. The van der Waals surface area contributed by atoms with Gasteiger partial charge in [0.05, 0.1) is 12.1 Å². The van der Waals surface area contributed by atoms with Crippen molar-refractivity contribution in [3.63, 3.8) is 0 Å². The van der Waals surface area contributed by atoms with E-state index in [1.54, 1.807) is 25.5 Å². The monoisotopic (exact) mass is 346 g/mol. The highest BCUT2D eigenvalue weighted by molar-refractivity contribution is 7.09. The number of aryl methyl sites for hydroxylation is 2. The predicted octanol–water partition coefficient (Wildman–Crippen LogP) is 3.15. The van der Waals surface area contributed by atoms with Crippen molar-refractivity contribution in [3.05, 3.63) is 45.9 Å². The molecule has 0 saturated carbocycles. The third-order valence-electron chi connectivity index (χ3n) is 3.64. The Labute approximate surface area is 148 Å². The molecule has 1 aromatic heterocycles. The van der Waals surface area contributed by atoms with Crippen LogP contribution in [-0.4, -0.2) is 31.6 Å². The SMILES string of the molecule is CN=C(NCCCCc1nc(C)cs1)NCc1ccccc1OC. The molecule has 0 saturated heterocycles. The third-order valence-corrected chi connectivity index (χ3v) is 4.67. The number of nitrogens with zero attached hydrogens (tertiary/aromatic N) is 2. The number of para-hydroxylation sites is 1. The van der Waals surface area contributed by atoms with E-state index in [4.69, 9.17) is 4.74 Å². The van der Waals surface area contributed by atoms with Crippen molar-refractivity contribution < 1.29 is 4.74 Å². The molecule has 1 aromatic carbocycles. The summed E-state index contributed by atoms with van der Waals surface area (Å²) in [5, 5.41) is 10.0. The van der Waals surface area contributed by atoms with Crippen molar-refractivity contribution in [1.29, 1.82) is 0 Å². The molecule has 1 heterocycles. The summed E-state index contributed by atoms with van der Waals surface area (Å²) in [6.45, 7) is 3.62. The molecule has 0 spiro atoms. The molecule has 0 aliphatic rings. The zero-order valence-electron chi connectivity index (χ0n) is 14.6. The second-order valence-corrected chi connectivity index (χ2v) is 6.45. The largest absolute Gasteiger partial charge is 0.496 e. The summed E-state index contributed by atoms with van der Waals surface area (Å²) in [6.07, 6.45) is 3.27. The second-order valence-electron chi connectivity index (χ2n) is 5.50. The number of hydrogen-bond acceptors (Lipinski definition) is 4. The van der Waals surface area contributed by atoms with Crippen LogP contribution in [0.4, 0.5) is 0 Å². The summed E-state index contributed by atoms with van der Waals surface area (Å²) in [5.41, 5.74) is 2.23. The van der Waals surface area contributed by atoms with Gasteiger partial charge in [0.15, 0.2) is 5.96 Å². The Bertz CT molecular complexity index is 654. The minimum Gasteiger partial charge on any atom is -0.496 e. The minimum absolute atomic E-state index is 0.683. The van der Waals surface area contributed by atoms with Gasteiger partial charge in [0.25, 0.3) is 0 Å². The molecule has 2 rings (SSSR count). The summed E-state index contributed by atoms with van der Waals surface area (Å²) in [7, 11) is 3.48. The summed E-state index contributed by atoms with van der Waals surface area (Å²) >= 11 is 1.75. The number of guanidine groups is 1. The van der Waals surface area contributed by atoms with Crippen LogP contribution in [0.2, 0.25) is 0 Å². The minimum atomic E-state index is 0.683. The van der Waals surface area contributed by atoms with Gasteiger partial charge in [0, 0.05) is 36.8 Å². The van der Waals surface area contributed by atoms with E-state index < -0.39 is 0 Å². The maximum absolute atomic E-state index is 5.36. The number of methoxy groups -OCH3 is 1. The maximum atomic E-state index is 5.36. The van der Waals surface area contributed by atoms with E-state index in [0.29, 0.717) is 6.54 Å². The normalized spacial score (nSPS) is 11.4. The van der Waals surface area contributed by atoms with E-state index in [1.165, 1.54) is 5.01 Å². The van der Waals surface area contributed by atoms with Gasteiger partial charge in [0.2, 0.25) is 0 Å². The summed E-state index contributed by atoms with van der Waals surface area (Å²) in [4.78, 5) is 8.75. The Balaban J connectivity index is 1.67. The number of ether oxygens (including phenoxy) is 1. The molecular weight excluding hydrogens is 320 g/mol. The molecule has 0 fully saturated rings. The van der Waals surface area contributed by atoms with Crippen molar-refractivity contribution in [2.45, 2.75) is 32.7 Å². The van der Waals surface area contributed by atoms with E-state index >= 15 is 0 Å². The van der Waals surface area contributed by atoms with Crippen molar-refractivity contribution in [3.8, 4) is 5.75 Å². The topological polar surface area (TPSA) is 58.5 Å². The number of thiazole rings is 1. The molecular formula is C18H26N4OS. The van der Waals surface area contributed by atoms with Crippen molar-refractivity contribution in [2.24, 2.45) is 4.99 Å². The molecule has 0 unspecified atom stereocenters. The van der Waals surface area contributed by atoms with E-state index in [9.17, 15) is 0 Å². The molecule has 5 nitrogen and oxygen atoms in total. The maximum Gasteiger partial charge on any atom is 0.191 e. The molecule has 0 aliphatic heterocycles. The lowest BCUT2D eigenvalue weighted by Gasteiger charge is -2.13. The van der Waals surface area contributed by atoms with Gasteiger partial charge in [-0.2, -0.15) is 0 Å². The number of aromatic nitrogens is 1. The third kappa shape index (κ3) is 5.85. The zero-order chi connectivity index (χ0) is 17.2. The van der Waals surface area contributed by atoms with E-state index in [1.807, 2.05) is 25.1 Å². The van der Waals surface area contributed by atoms with Crippen molar-refractivity contribution >= 4 is 17.3 Å². The van der Waals surface area contributed by atoms with Crippen LogP contribution < -0.4 is 15.4 Å².